The largest absolute Gasteiger partial charge is 0.464 e. The van der Waals surface area contributed by atoms with Gasteiger partial charge in [0.25, 0.3) is 5.91 Å². The number of likely N-dealkylation sites (tertiary alicyclic amines) is 1. The number of rotatable bonds is 6. The zero-order valence-corrected chi connectivity index (χ0v) is 17.0. The maximum Gasteiger partial charge on any atom is 0.328 e. The summed E-state index contributed by atoms with van der Waals surface area (Å²) in [6, 6.07) is 6.71. The molecule has 0 bridgehead atoms. The molecule has 2 amide bonds. The third-order valence-corrected chi connectivity index (χ3v) is 6.07. The number of nitrogens with zero attached hydrogens (tertiary/aromatic N) is 1. The summed E-state index contributed by atoms with van der Waals surface area (Å²) < 4.78 is 10.1. The van der Waals surface area contributed by atoms with Crippen molar-refractivity contribution in [1.29, 1.82) is 0 Å². The van der Waals surface area contributed by atoms with Gasteiger partial charge < -0.3 is 19.7 Å². The van der Waals surface area contributed by atoms with Gasteiger partial charge in [-0.1, -0.05) is 12.1 Å². The molecule has 2 aliphatic rings. The molecule has 0 saturated carbocycles. The summed E-state index contributed by atoms with van der Waals surface area (Å²) in [4.78, 5) is 51.3. The van der Waals surface area contributed by atoms with Crippen molar-refractivity contribution in [1.82, 2.24) is 4.90 Å². The lowest BCUT2D eigenvalue weighted by Crippen LogP contribution is -2.50. The van der Waals surface area contributed by atoms with Crippen molar-refractivity contribution in [3.8, 4) is 0 Å². The number of esters is 2. The molecule has 1 aromatic rings. The second kappa shape index (κ2) is 9.78. The van der Waals surface area contributed by atoms with E-state index in [9.17, 15) is 19.2 Å². The van der Waals surface area contributed by atoms with E-state index in [1.165, 1.54) is 16.7 Å². The Labute approximate surface area is 173 Å². The lowest BCUT2D eigenvalue weighted by Gasteiger charge is -2.33. The predicted octanol–water partition coefficient (Wildman–Crippen LogP) is 1.98. The Bertz CT molecular complexity index is 799. The van der Waals surface area contributed by atoms with Crippen LogP contribution in [0.25, 0.3) is 0 Å². The zero-order valence-electron chi connectivity index (χ0n) is 16.2. The number of amides is 2. The van der Waals surface area contributed by atoms with E-state index in [1.54, 1.807) is 13.0 Å². The first-order valence-electron chi connectivity index (χ1n) is 9.68. The average molecular weight is 420 g/mol. The molecule has 0 unspecified atom stereocenters. The number of para-hydroxylation sites is 1. The number of nitrogens with one attached hydrogen (secondary N) is 1. The highest BCUT2D eigenvalue weighted by molar-refractivity contribution is 8.01. The molecule has 9 heteroatoms. The third kappa shape index (κ3) is 5.29. The Hall–Kier alpha value is -2.55. The number of thioether (sulfide) groups is 1. The maximum atomic E-state index is 12.5. The minimum Gasteiger partial charge on any atom is -0.464 e. The van der Waals surface area contributed by atoms with Crippen LogP contribution in [-0.4, -0.2) is 59.7 Å². The predicted molar refractivity (Wildman–Crippen MR) is 106 cm³/mol. The molecule has 1 fully saturated rings. The number of hydrogen-bond acceptors (Lipinski definition) is 7. The molecule has 1 saturated heterocycles. The Morgan fingerprint density at radius 3 is 2.79 bits per heavy atom. The second-order valence-corrected chi connectivity index (χ2v) is 8.05. The maximum absolute atomic E-state index is 12.5. The Balaban J connectivity index is 1.51. The standard InChI is InChI=1S/C20H24N2O6S/c1-2-27-20(26)14-8-5-6-10-22(14)17(23)12-28-18(24)11-16-19(25)21-13-7-3-4-9-15(13)29-16/h3-4,7,9,14,16H,2,5-6,8,10-12H2,1H3,(H,21,25)/t14-,16-/m1/s1. The van der Waals surface area contributed by atoms with Crippen LogP contribution in [-0.2, 0) is 28.7 Å². The van der Waals surface area contributed by atoms with E-state index in [1.807, 2.05) is 18.2 Å². The van der Waals surface area contributed by atoms with Gasteiger partial charge in [-0.05, 0) is 38.3 Å². The molecule has 1 N–H and O–H groups in total. The van der Waals surface area contributed by atoms with Gasteiger partial charge in [-0.25, -0.2) is 4.79 Å². The third-order valence-electron chi connectivity index (χ3n) is 4.80. The summed E-state index contributed by atoms with van der Waals surface area (Å²) in [7, 11) is 0. The first kappa shape index (κ1) is 21.2. The van der Waals surface area contributed by atoms with Crippen LogP contribution in [0.15, 0.2) is 29.2 Å². The van der Waals surface area contributed by atoms with Gasteiger partial charge in [0.15, 0.2) is 6.61 Å². The highest BCUT2D eigenvalue weighted by Gasteiger charge is 2.34. The van der Waals surface area contributed by atoms with Crippen molar-refractivity contribution < 1.29 is 28.7 Å². The number of carbonyl (C=O) groups is 4. The zero-order chi connectivity index (χ0) is 20.8. The van der Waals surface area contributed by atoms with Crippen LogP contribution in [0.4, 0.5) is 5.69 Å². The van der Waals surface area contributed by atoms with Gasteiger partial charge in [-0.2, -0.15) is 0 Å². The van der Waals surface area contributed by atoms with Crippen LogP contribution in [0.1, 0.15) is 32.6 Å². The molecular formula is C20H24N2O6S. The first-order chi connectivity index (χ1) is 14.0. The molecule has 0 radical (unpaired) electrons. The summed E-state index contributed by atoms with van der Waals surface area (Å²) in [6.07, 6.45) is 2.02. The van der Waals surface area contributed by atoms with Gasteiger partial charge in [-0.3, -0.25) is 14.4 Å². The fourth-order valence-electron chi connectivity index (χ4n) is 3.38. The molecule has 0 spiro atoms. The fourth-order valence-corrected chi connectivity index (χ4v) is 4.47. The summed E-state index contributed by atoms with van der Waals surface area (Å²) >= 11 is 1.30. The highest BCUT2D eigenvalue weighted by Crippen LogP contribution is 2.36. The molecule has 1 aromatic carbocycles. The van der Waals surface area contributed by atoms with Crippen molar-refractivity contribution in [3.05, 3.63) is 24.3 Å². The summed E-state index contributed by atoms with van der Waals surface area (Å²) in [6.45, 7) is 1.94. The molecule has 8 nitrogen and oxygen atoms in total. The van der Waals surface area contributed by atoms with Crippen LogP contribution < -0.4 is 5.32 Å². The van der Waals surface area contributed by atoms with Gasteiger partial charge >= 0.3 is 11.9 Å². The Morgan fingerprint density at radius 1 is 1.21 bits per heavy atom. The second-order valence-electron chi connectivity index (χ2n) is 6.81. The number of hydrogen-bond donors (Lipinski definition) is 1. The lowest BCUT2D eigenvalue weighted by atomic mass is 10.0. The van der Waals surface area contributed by atoms with Gasteiger partial charge in [0.05, 0.1) is 24.0 Å². The van der Waals surface area contributed by atoms with Gasteiger partial charge in [0, 0.05) is 11.4 Å². The number of anilines is 1. The molecule has 2 aliphatic heterocycles. The minimum absolute atomic E-state index is 0.139. The van der Waals surface area contributed by atoms with E-state index >= 15 is 0 Å². The van der Waals surface area contributed by atoms with Gasteiger partial charge in [0.1, 0.15) is 6.04 Å². The van der Waals surface area contributed by atoms with Crippen LogP contribution in [0.3, 0.4) is 0 Å². The smallest absolute Gasteiger partial charge is 0.328 e. The molecular weight excluding hydrogens is 396 g/mol. The normalized spacial score (nSPS) is 21.0. The van der Waals surface area contributed by atoms with E-state index in [2.05, 4.69) is 5.32 Å². The van der Waals surface area contributed by atoms with E-state index in [4.69, 9.17) is 9.47 Å². The molecule has 29 heavy (non-hydrogen) atoms. The van der Waals surface area contributed by atoms with Gasteiger partial charge in [0.2, 0.25) is 5.91 Å². The van der Waals surface area contributed by atoms with Gasteiger partial charge in [-0.15, -0.1) is 11.8 Å². The van der Waals surface area contributed by atoms with E-state index in [0.29, 0.717) is 13.0 Å². The number of benzene rings is 1. The number of fused-ring (bicyclic) bond motifs is 1. The quantitative estimate of drug-likeness (QED) is 0.702. The molecule has 0 aromatic heterocycles. The number of ether oxygens (including phenoxy) is 2. The van der Waals surface area contributed by atoms with Crippen LogP contribution in [0.5, 0.6) is 0 Å². The molecule has 0 aliphatic carbocycles. The van der Waals surface area contributed by atoms with Crippen molar-refractivity contribution in [3.63, 3.8) is 0 Å². The highest BCUT2D eigenvalue weighted by atomic mass is 32.2. The topological polar surface area (TPSA) is 102 Å². The van der Waals surface area contributed by atoms with Crippen LogP contribution in [0, 0.1) is 0 Å². The average Bonchev–Trinajstić information content (AvgIpc) is 2.72. The Morgan fingerprint density at radius 2 is 2.00 bits per heavy atom. The van der Waals surface area contributed by atoms with Crippen molar-refractivity contribution >= 4 is 41.2 Å². The van der Waals surface area contributed by atoms with E-state index in [0.717, 1.165) is 23.4 Å². The van der Waals surface area contributed by atoms with Crippen molar-refractivity contribution in [2.45, 2.75) is 48.8 Å². The summed E-state index contributed by atoms with van der Waals surface area (Å²) in [5, 5.41) is 2.15. The van der Waals surface area contributed by atoms with E-state index in [-0.39, 0.29) is 18.9 Å². The van der Waals surface area contributed by atoms with Crippen LogP contribution in [0.2, 0.25) is 0 Å². The first-order valence-corrected chi connectivity index (χ1v) is 10.6. The minimum atomic E-state index is -0.633. The molecule has 2 atom stereocenters. The van der Waals surface area contributed by atoms with Crippen LogP contribution >= 0.6 is 11.8 Å². The van der Waals surface area contributed by atoms with Crippen molar-refractivity contribution in [2.75, 3.05) is 25.1 Å². The molecule has 3 rings (SSSR count). The number of carbonyl (C=O) groups excluding carboxylic acids is 4. The molecule has 2 heterocycles. The van der Waals surface area contributed by atoms with E-state index < -0.39 is 35.7 Å². The fraction of sp³-hybridized carbons (Fsp3) is 0.500. The lowest BCUT2D eigenvalue weighted by molar-refractivity contribution is -0.161. The summed E-state index contributed by atoms with van der Waals surface area (Å²) in [5.74, 6) is -1.76. The molecule has 156 valence electrons. The number of piperidine rings is 1. The Kier molecular flexibility index (Phi) is 7.13. The SMILES string of the molecule is CCOC(=O)[C@H]1CCCCN1C(=O)COC(=O)C[C@H]1Sc2ccccc2NC1=O. The van der Waals surface area contributed by atoms with Crippen molar-refractivity contribution in [2.24, 2.45) is 0 Å². The summed E-state index contributed by atoms with van der Waals surface area (Å²) in [5.41, 5.74) is 0.720. The monoisotopic (exact) mass is 420 g/mol.